The van der Waals surface area contributed by atoms with Gasteiger partial charge in [0, 0.05) is 47.3 Å². The van der Waals surface area contributed by atoms with Crippen molar-refractivity contribution in [3.8, 4) is 39.7 Å². The normalized spacial score (nSPS) is 11.9. The van der Waals surface area contributed by atoms with Gasteiger partial charge in [0.1, 0.15) is 0 Å². The van der Waals surface area contributed by atoms with Crippen LogP contribution in [-0.2, 0) is 38.9 Å². The summed E-state index contributed by atoms with van der Waals surface area (Å²) in [6.07, 6.45) is 3.49. The van der Waals surface area contributed by atoms with Crippen LogP contribution in [0.1, 0.15) is 52.9 Å². The van der Waals surface area contributed by atoms with Crippen LogP contribution in [0.25, 0.3) is 28.2 Å². The average Bonchev–Trinajstić information content (AvgIpc) is 3.55. The number of hydrogen-bond acceptors (Lipinski definition) is 3. The zero-order valence-corrected chi connectivity index (χ0v) is 27.3. The van der Waals surface area contributed by atoms with Gasteiger partial charge in [-0.25, -0.2) is 22.0 Å². The molecule has 232 valence electrons. The Morgan fingerprint density at radius 3 is 1.84 bits per heavy atom. The van der Waals surface area contributed by atoms with E-state index in [4.69, 9.17) is 9.84 Å². The second-order valence-corrected chi connectivity index (χ2v) is 12.2. The molecule has 0 aliphatic carbocycles. The number of rotatable bonds is 5. The number of benzene rings is 3. The molecule has 0 saturated heterocycles. The van der Waals surface area contributed by atoms with Gasteiger partial charge in [0.05, 0.1) is 22.8 Å². The van der Waals surface area contributed by atoms with Crippen LogP contribution in [0.15, 0.2) is 48.8 Å². The number of halogens is 5. The van der Waals surface area contributed by atoms with Crippen molar-refractivity contribution in [2.45, 2.75) is 52.4 Å². The Morgan fingerprint density at radius 2 is 1.30 bits per heavy atom. The van der Waals surface area contributed by atoms with E-state index in [-0.39, 0.29) is 43.8 Å². The van der Waals surface area contributed by atoms with E-state index in [9.17, 15) is 13.2 Å². The molecule has 0 saturated carbocycles. The van der Waals surface area contributed by atoms with Crippen LogP contribution < -0.4 is 4.74 Å². The van der Waals surface area contributed by atoms with Crippen LogP contribution in [0.2, 0.25) is 0 Å². The van der Waals surface area contributed by atoms with Crippen molar-refractivity contribution < 1.29 is 47.8 Å². The summed E-state index contributed by atoms with van der Waals surface area (Å²) in [5.41, 5.74) is -1.48. The van der Waals surface area contributed by atoms with E-state index < -0.39 is 45.5 Å². The summed E-state index contributed by atoms with van der Waals surface area (Å²) in [7, 11) is 1.87. The molecular weight excluding hydrogens is 758 g/mol. The topological polar surface area (TPSA) is 44.9 Å². The van der Waals surface area contributed by atoms with Crippen LogP contribution >= 0.6 is 0 Å². The van der Waals surface area contributed by atoms with Crippen LogP contribution in [0.5, 0.6) is 11.5 Å². The van der Waals surface area contributed by atoms with Gasteiger partial charge >= 0.3 is 21.1 Å². The third kappa shape index (κ3) is 5.96. The fraction of sp³-hybridized carbons (Fsp3) is 0.273. The molecule has 0 bridgehead atoms. The molecular formula is C33H29F5N4OPt. The van der Waals surface area contributed by atoms with Gasteiger partial charge < -0.3 is 9.30 Å². The summed E-state index contributed by atoms with van der Waals surface area (Å²) < 4.78 is 82.9. The number of nitrogens with zero attached hydrogens (tertiary/aromatic N) is 4. The van der Waals surface area contributed by atoms with Crippen molar-refractivity contribution in [1.82, 2.24) is 19.3 Å². The summed E-state index contributed by atoms with van der Waals surface area (Å²) in [5.74, 6) is -8.72. The molecule has 5 aromatic rings. The minimum absolute atomic E-state index is 0. The zero-order chi connectivity index (χ0) is 31.4. The molecule has 0 fully saturated rings. The first-order chi connectivity index (χ1) is 20.1. The van der Waals surface area contributed by atoms with Crippen LogP contribution in [0.3, 0.4) is 0 Å². The third-order valence-corrected chi connectivity index (χ3v) is 6.80. The van der Waals surface area contributed by atoms with E-state index in [1.807, 2.05) is 23.9 Å². The third-order valence-electron chi connectivity index (χ3n) is 6.80. The molecule has 0 unspecified atom stereocenters. The first kappa shape index (κ1) is 33.1. The van der Waals surface area contributed by atoms with Crippen molar-refractivity contribution in [2.24, 2.45) is 7.05 Å². The van der Waals surface area contributed by atoms with Crippen molar-refractivity contribution >= 4 is 0 Å². The van der Waals surface area contributed by atoms with E-state index in [0.717, 1.165) is 0 Å². The number of aromatic nitrogens is 4. The minimum atomic E-state index is -2.22. The number of ether oxygens (including phenoxy) is 1. The maximum atomic E-state index is 15.3. The average molecular weight is 788 g/mol. The molecule has 5 rings (SSSR count). The summed E-state index contributed by atoms with van der Waals surface area (Å²) in [5, 5.41) is 4.70. The van der Waals surface area contributed by atoms with E-state index >= 15 is 8.78 Å². The molecule has 0 amide bonds. The quantitative estimate of drug-likeness (QED) is 0.0777. The molecule has 0 radical (unpaired) electrons. The maximum absolute atomic E-state index is 15.3. The number of aryl methyl sites for hydroxylation is 1. The molecule has 2 aromatic heterocycles. The first-order valence-corrected chi connectivity index (χ1v) is 13.5. The first-order valence-electron chi connectivity index (χ1n) is 13.5. The van der Waals surface area contributed by atoms with Gasteiger partial charge in [0.15, 0.2) is 23.3 Å². The van der Waals surface area contributed by atoms with Gasteiger partial charge in [-0.15, -0.1) is 42.0 Å². The molecule has 11 heteroatoms. The Balaban J connectivity index is 0.00000442. The Bertz CT molecular complexity index is 1820. The Hall–Kier alpha value is -3.78. The molecule has 0 atom stereocenters. The van der Waals surface area contributed by atoms with Crippen molar-refractivity contribution in [3.05, 3.63) is 101 Å². The van der Waals surface area contributed by atoms with Crippen LogP contribution in [-0.4, -0.2) is 19.3 Å². The predicted octanol–water partition coefficient (Wildman–Crippen LogP) is 8.62. The van der Waals surface area contributed by atoms with Gasteiger partial charge in [-0.1, -0.05) is 47.6 Å². The largest absolute Gasteiger partial charge is 2.00 e. The molecule has 2 heterocycles. The Labute approximate surface area is 267 Å². The smallest absolute Gasteiger partial charge is 0.503 e. The Morgan fingerprint density at radius 1 is 0.727 bits per heavy atom. The minimum Gasteiger partial charge on any atom is -0.503 e. The van der Waals surface area contributed by atoms with Crippen molar-refractivity contribution in [1.29, 1.82) is 0 Å². The van der Waals surface area contributed by atoms with Crippen LogP contribution in [0, 0.1) is 41.2 Å². The zero-order valence-electron chi connectivity index (χ0n) is 25.0. The van der Waals surface area contributed by atoms with Gasteiger partial charge in [-0.3, -0.25) is 9.67 Å². The molecule has 0 aliphatic rings. The second kappa shape index (κ2) is 12.0. The monoisotopic (exact) mass is 787 g/mol. The van der Waals surface area contributed by atoms with Gasteiger partial charge in [-0.2, -0.15) is 11.2 Å². The maximum Gasteiger partial charge on any atom is 2.00 e. The van der Waals surface area contributed by atoms with E-state index in [0.29, 0.717) is 22.8 Å². The number of imidazole rings is 1. The van der Waals surface area contributed by atoms with E-state index in [1.54, 1.807) is 78.1 Å². The SMILES string of the molecule is Cn1ccnc1-c1[c-]c(Oc2[c-]c(-n3nc(C(C)(C)C)c(-c4c(F)c(F)c(F)c(F)c4F)c3C(C)(C)C)ccc2)ccc1.[Pt+2]. The molecule has 44 heavy (non-hydrogen) atoms. The molecule has 0 spiro atoms. The van der Waals surface area contributed by atoms with Crippen molar-refractivity contribution in [3.63, 3.8) is 0 Å². The van der Waals surface area contributed by atoms with Crippen molar-refractivity contribution in [2.75, 3.05) is 0 Å². The molecule has 0 aliphatic heterocycles. The second-order valence-electron chi connectivity index (χ2n) is 12.2. The van der Waals surface area contributed by atoms with Gasteiger partial charge in [0.25, 0.3) is 0 Å². The van der Waals surface area contributed by atoms with E-state index in [2.05, 4.69) is 17.1 Å². The molecule has 3 aromatic carbocycles. The van der Waals surface area contributed by atoms with Gasteiger partial charge in [0.2, 0.25) is 5.82 Å². The van der Waals surface area contributed by atoms with Crippen LogP contribution in [0.4, 0.5) is 22.0 Å². The molecule has 5 nitrogen and oxygen atoms in total. The fourth-order valence-corrected chi connectivity index (χ4v) is 4.87. The summed E-state index contributed by atoms with van der Waals surface area (Å²) in [6, 6.07) is 16.7. The van der Waals surface area contributed by atoms with Gasteiger partial charge in [-0.05, 0) is 5.69 Å². The Kier molecular flexibility index (Phi) is 9.00. The predicted molar refractivity (Wildman–Crippen MR) is 153 cm³/mol. The fourth-order valence-electron chi connectivity index (χ4n) is 4.87. The number of hydrogen-bond donors (Lipinski definition) is 0. The summed E-state index contributed by atoms with van der Waals surface area (Å²) in [4.78, 5) is 4.34. The molecule has 0 N–H and O–H groups in total. The summed E-state index contributed by atoms with van der Waals surface area (Å²) in [6.45, 7) is 10.5. The standard InChI is InChI=1S/C33H29F5N4O.Pt/c1-32(2,3)29-23(22-24(34)26(36)28(38)27(37)25(22)35)30(33(4,5)6)42(40-29)19-11-9-13-21(17-19)43-20-12-8-10-18(16-20)31-39-14-15-41(31)7;/h8-15H,1-7H3;/q-2;+2. The van der Waals surface area contributed by atoms with E-state index in [1.165, 1.54) is 4.68 Å². The summed E-state index contributed by atoms with van der Waals surface area (Å²) >= 11 is 0.